The summed E-state index contributed by atoms with van der Waals surface area (Å²) in [4.78, 5) is 29.6. The van der Waals surface area contributed by atoms with Crippen LogP contribution in [0.2, 0.25) is 0 Å². The maximum atomic E-state index is 11.6. The highest BCUT2D eigenvalue weighted by atomic mass is 16.2. The zero-order valence-corrected chi connectivity index (χ0v) is 9.29. The average Bonchev–Trinajstić information content (AvgIpc) is 2.16. The van der Waals surface area contributed by atoms with Crippen LogP contribution >= 0.6 is 0 Å². The number of hydrogen-bond acceptors (Lipinski definition) is 4. The van der Waals surface area contributed by atoms with Gasteiger partial charge in [0, 0.05) is 5.92 Å². The van der Waals surface area contributed by atoms with Crippen molar-refractivity contribution in [3.63, 3.8) is 0 Å². The predicted molar refractivity (Wildman–Crippen MR) is 56.8 cm³/mol. The Labute approximate surface area is 92.3 Å². The van der Waals surface area contributed by atoms with E-state index in [-0.39, 0.29) is 11.5 Å². The van der Waals surface area contributed by atoms with E-state index < -0.39 is 11.5 Å². The molecule has 0 aliphatic heterocycles. The van der Waals surface area contributed by atoms with Crippen LogP contribution in [0, 0.1) is 18.4 Å². The Morgan fingerprint density at radius 3 is 2.62 bits per heavy atom. The highest BCUT2D eigenvalue weighted by molar-refractivity contribution is 5.95. The fourth-order valence-corrected chi connectivity index (χ4v) is 1.26. The van der Waals surface area contributed by atoms with E-state index in [0.717, 1.165) is 0 Å². The van der Waals surface area contributed by atoms with Gasteiger partial charge in [0.15, 0.2) is 6.19 Å². The van der Waals surface area contributed by atoms with Crippen LogP contribution in [0.4, 0.5) is 0 Å². The maximum absolute atomic E-state index is 11.6. The summed E-state index contributed by atoms with van der Waals surface area (Å²) in [5, 5.41) is 10.2. The molecule has 1 heterocycles. The Hall–Kier alpha value is -2.16. The average molecular weight is 220 g/mol. The van der Waals surface area contributed by atoms with Gasteiger partial charge in [-0.1, -0.05) is 13.8 Å². The molecule has 1 aromatic rings. The molecule has 0 atom stereocenters. The Bertz CT molecular complexity index is 511. The maximum Gasteiger partial charge on any atom is 0.271 e. The zero-order valence-electron chi connectivity index (χ0n) is 9.29. The van der Waals surface area contributed by atoms with E-state index >= 15 is 0 Å². The molecule has 16 heavy (non-hydrogen) atoms. The molecule has 6 nitrogen and oxygen atoms in total. The fourth-order valence-electron chi connectivity index (χ4n) is 1.26. The second-order valence-electron chi connectivity index (χ2n) is 3.63. The molecule has 0 aromatic carbocycles. The molecule has 1 rings (SSSR count). The lowest BCUT2D eigenvalue weighted by atomic mass is 10.1. The minimum absolute atomic E-state index is 0.0690. The largest absolute Gasteiger partial charge is 0.310 e. The third-order valence-electron chi connectivity index (χ3n) is 2.06. The first kappa shape index (κ1) is 11.9. The summed E-state index contributed by atoms with van der Waals surface area (Å²) >= 11 is 0. The Balaban J connectivity index is 3.30. The third-order valence-corrected chi connectivity index (χ3v) is 2.06. The van der Waals surface area contributed by atoms with E-state index in [1.54, 1.807) is 6.92 Å². The number of carbonyl (C=O) groups is 1. The van der Waals surface area contributed by atoms with Gasteiger partial charge in [-0.2, -0.15) is 5.26 Å². The van der Waals surface area contributed by atoms with Crippen LogP contribution in [0.5, 0.6) is 0 Å². The first-order chi connectivity index (χ1) is 7.47. The Morgan fingerprint density at radius 1 is 1.56 bits per heavy atom. The number of nitrogens with one attached hydrogen (secondary N) is 2. The number of carbonyl (C=O) groups excluding carboxylic acids is 1. The molecule has 6 heteroatoms. The summed E-state index contributed by atoms with van der Waals surface area (Å²) in [6.45, 7) is 5.33. The van der Waals surface area contributed by atoms with Crippen molar-refractivity contribution in [3.05, 3.63) is 27.4 Å². The summed E-state index contributed by atoms with van der Waals surface area (Å²) in [5.41, 5.74) is -0.324. The first-order valence-electron chi connectivity index (χ1n) is 4.77. The third kappa shape index (κ3) is 2.25. The zero-order chi connectivity index (χ0) is 12.3. The van der Waals surface area contributed by atoms with Crippen LogP contribution in [-0.2, 0) is 0 Å². The Kier molecular flexibility index (Phi) is 3.40. The van der Waals surface area contributed by atoms with Crippen molar-refractivity contribution in [1.82, 2.24) is 15.3 Å². The Morgan fingerprint density at radius 2 is 2.19 bits per heavy atom. The van der Waals surface area contributed by atoms with Gasteiger partial charge < -0.3 is 4.98 Å². The number of nitrogens with zero attached hydrogens (tertiary/aromatic N) is 2. The molecular formula is C10H12N4O2. The predicted octanol–water partition coefficient (Wildman–Crippen LogP) is 0.413. The van der Waals surface area contributed by atoms with Crippen LogP contribution in [0.1, 0.15) is 41.6 Å². The summed E-state index contributed by atoms with van der Waals surface area (Å²) in [6.07, 6.45) is 1.48. The monoisotopic (exact) mass is 220 g/mol. The molecule has 0 saturated heterocycles. The summed E-state index contributed by atoms with van der Waals surface area (Å²) in [5.74, 6) is -0.139. The molecule has 0 bridgehead atoms. The number of aromatic nitrogens is 2. The van der Waals surface area contributed by atoms with E-state index in [2.05, 4.69) is 9.97 Å². The lowest BCUT2D eigenvalue weighted by Gasteiger charge is -2.07. The quantitative estimate of drug-likeness (QED) is 0.557. The topological polar surface area (TPSA) is 98.6 Å². The summed E-state index contributed by atoms with van der Waals surface area (Å²) < 4.78 is 0. The van der Waals surface area contributed by atoms with Crippen molar-refractivity contribution in [1.29, 1.82) is 5.26 Å². The number of aryl methyl sites for hydroxylation is 1. The second-order valence-corrected chi connectivity index (χ2v) is 3.63. The number of nitriles is 1. The molecule has 0 saturated carbocycles. The molecule has 0 spiro atoms. The first-order valence-corrected chi connectivity index (χ1v) is 4.77. The van der Waals surface area contributed by atoms with E-state index in [9.17, 15) is 9.59 Å². The van der Waals surface area contributed by atoms with E-state index in [4.69, 9.17) is 5.26 Å². The molecule has 1 amide bonds. The smallest absolute Gasteiger partial charge is 0.271 e. The van der Waals surface area contributed by atoms with Crippen molar-refractivity contribution in [3.8, 4) is 6.19 Å². The van der Waals surface area contributed by atoms with Gasteiger partial charge in [-0.05, 0) is 6.92 Å². The molecule has 0 aliphatic carbocycles. The van der Waals surface area contributed by atoms with Gasteiger partial charge >= 0.3 is 0 Å². The number of H-pyrrole nitrogens is 1. The summed E-state index contributed by atoms with van der Waals surface area (Å²) in [7, 11) is 0. The molecular weight excluding hydrogens is 208 g/mol. The lowest BCUT2D eigenvalue weighted by molar-refractivity contribution is 0.0970. The minimum Gasteiger partial charge on any atom is -0.310 e. The van der Waals surface area contributed by atoms with Gasteiger partial charge in [0.1, 0.15) is 11.4 Å². The van der Waals surface area contributed by atoms with Crippen LogP contribution in [-0.4, -0.2) is 15.9 Å². The van der Waals surface area contributed by atoms with Crippen molar-refractivity contribution < 1.29 is 4.79 Å². The molecule has 84 valence electrons. The van der Waals surface area contributed by atoms with E-state index in [1.807, 2.05) is 19.2 Å². The van der Waals surface area contributed by atoms with E-state index in [0.29, 0.717) is 11.5 Å². The molecule has 0 radical (unpaired) electrons. The van der Waals surface area contributed by atoms with Crippen LogP contribution < -0.4 is 10.9 Å². The van der Waals surface area contributed by atoms with Crippen molar-refractivity contribution >= 4 is 5.91 Å². The van der Waals surface area contributed by atoms with Crippen LogP contribution in [0.3, 0.4) is 0 Å². The van der Waals surface area contributed by atoms with E-state index in [1.165, 1.54) is 6.19 Å². The van der Waals surface area contributed by atoms with Gasteiger partial charge in [-0.25, -0.2) is 4.98 Å². The van der Waals surface area contributed by atoms with Crippen LogP contribution in [0.15, 0.2) is 4.79 Å². The van der Waals surface area contributed by atoms with Crippen molar-refractivity contribution in [2.45, 2.75) is 26.7 Å². The molecule has 2 N–H and O–H groups in total. The normalized spacial score (nSPS) is 9.94. The second kappa shape index (κ2) is 4.57. The molecule has 0 aliphatic rings. The summed E-state index contributed by atoms with van der Waals surface area (Å²) in [6, 6.07) is 0. The van der Waals surface area contributed by atoms with Gasteiger partial charge in [0.25, 0.3) is 11.5 Å². The molecule has 0 unspecified atom stereocenters. The lowest BCUT2D eigenvalue weighted by Crippen LogP contribution is -2.29. The highest BCUT2D eigenvalue weighted by Gasteiger charge is 2.16. The van der Waals surface area contributed by atoms with Gasteiger partial charge in [-0.3, -0.25) is 14.9 Å². The number of aromatic amines is 1. The van der Waals surface area contributed by atoms with Gasteiger partial charge in [0.2, 0.25) is 0 Å². The SMILES string of the molecule is Cc1nc(C(C)C)[nH]c(=O)c1C(=O)NC#N. The number of amides is 1. The van der Waals surface area contributed by atoms with Gasteiger partial charge in [0.05, 0.1) is 5.69 Å². The standard InChI is InChI=1S/C10H12N4O2/c1-5(2)8-13-6(3)7(10(16)14-8)9(15)12-4-11/h5H,1-3H3,(H,12,15)(H,13,14,16). The van der Waals surface area contributed by atoms with Gasteiger partial charge in [-0.15, -0.1) is 0 Å². The number of hydrogen-bond donors (Lipinski definition) is 2. The van der Waals surface area contributed by atoms with Crippen molar-refractivity contribution in [2.24, 2.45) is 0 Å². The highest BCUT2D eigenvalue weighted by Crippen LogP contribution is 2.08. The minimum atomic E-state index is -0.732. The number of rotatable bonds is 2. The molecule has 0 fully saturated rings. The molecule has 1 aromatic heterocycles. The fraction of sp³-hybridized carbons (Fsp3) is 0.400. The van der Waals surface area contributed by atoms with Crippen molar-refractivity contribution in [2.75, 3.05) is 0 Å². The van der Waals surface area contributed by atoms with Crippen LogP contribution in [0.25, 0.3) is 0 Å².